The summed E-state index contributed by atoms with van der Waals surface area (Å²) in [4.78, 5) is 3.56. The molecule has 0 spiro atoms. The molecule has 0 saturated heterocycles. The quantitative estimate of drug-likeness (QED) is 0.937. The van der Waals surface area contributed by atoms with E-state index in [2.05, 4.69) is 9.72 Å². The molecule has 0 aliphatic rings. The number of primary sulfonamides is 1. The highest BCUT2D eigenvalue weighted by Gasteiger charge is 2.29. The molecule has 108 valence electrons. The maximum absolute atomic E-state index is 12.2. The average Bonchev–Trinajstić information content (AvgIpc) is 2.33. The van der Waals surface area contributed by atoms with Crippen molar-refractivity contribution >= 4 is 20.9 Å². The Morgan fingerprint density at radius 1 is 1.25 bits per heavy atom. The number of benzene rings is 1. The normalized spacial score (nSPS) is 12.6. The Kier molecular flexibility index (Phi) is 3.57. The predicted octanol–water partition coefficient (Wildman–Crippen LogP) is 1.82. The third-order valence-electron chi connectivity index (χ3n) is 2.39. The highest BCUT2D eigenvalue weighted by molar-refractivity contribution is 7.89. The Labute approximate surface area is 112 Å². The van der Waals surface area contributed by atoms with Crippen molar-refractivity contribution in [1.29, 1.82) is 0 Å². The fraction of sp³-hybridized carbons (Fsp3) is 0.182. The monoisotopic (exact) mass is 306 g/mol. The van der Waals surface area contributed by atoms with Crippen molar-refractivity contribution in [3.05, 3.63) is 30.5 Å². The highest BCUT2D eigenvalue weighted by Crippen LogP contribution is 2.30. The van der Waals surface area contributed by atoms with E-state index in [1.165, 1.54) is 18.3 Å². The van der Waals surface area contributed by atoms with Gasteiger partial charge in [-0.3, -0.25) is 4.98 Å². The van der Waals surface area contributed by atoms with Crippen LogP contribution in [0.2, 0.25) is 0 Å². The maximum atomic E-state index is 12.2. The standard InChI is InChI=1S/C11H9F3N2O3S/c12-11(13,14)6-19-8-3-4-9(20(15,17)18)10-7(8)2-1-5-16-10/h1-5H,6H2,(H2,15,17,18). The molecule has 0 atom stereocenters. The van der Waals surface area contributed by atoms with E-state index < -0.39 is 22.8 Å². The van der Waals surface area contributed by atoms with Crippen LogP contribution in [0.1, 0.15) is 0 Å². The summed E-state index contributed by atoms with van der Waals surface area (Å²) in [6.45, 7) is -1.48. The van der Waals surface area contributed by atoms with Crippen LogP contribution < -0.4 is 9.88 Å². The first-order valence-electron chi connectivity index (χ1n) is 5.28. The molecule has 0 aliphatic heterocycles. The van der Waals surface area contributed by atoms with Crippen LogP contribution in [-0.4, -0.2) is 26.2 Å². The first kappa shape index (κ1) is 14.5. The number of alkyl halides is 3. The van der Waals surface area contributed by atoms with Gasteiger partial charge >= 0.3 is 6.18 Å². The molecule has 1 heterocycles. The predicted molar refractivity (Wildman–Crippen MR) is 64.7 cm³/mol. The molecule has 1 aromatic heterocycles. The molecule has 0 radical (unpaired) electrons. The Morgan fingerprint density at radius 2 is 1.95 bits per heavy atom. The van der Waals surface area contributed by atoms with Gasteiger partial charge in [-0.15, -0.1) is 0 Å². The number of nitrogens with two attached hydrogens (primary N) is 1. The summed E-state index contributed by atoms with van der Waals surface area (Å²) in [6.07, 6.45) is -3.18. The SMILES string of the molecule is NS(=O)(=O)c1ccc(OCC(F)(F)F)c2cccnc12. The minimum atomic E-state index is -4.49. The number of rotatable bonds is 3. The average molecular weight is 306 g/mol. The topological polar surface area (TPSA) is 82.3 Å². The first-order valence-corrected chi connectivity index (χ1v) is 6.83. The third-order valence-corrected chi connectivity index (χ3v) is 3.33. The van der Waals surface area contributed by atoms with E-state index in [1.807, 2.05) is 0 Å². The van der Waals surface area contributed by atoms with E-state index in [4.69, 9.17) is 5.14 Å². The number of hydrogen-bond donors (Lipinski definition) is 1. The number of fused-ring (bicyclic) bond motifs is 1. The molecule has 0 saturated carbocycles. The van der Waals surface area contributed by atoms with Crippen molar-refractivity contribution in [3.63, 3.8) is 0 Å². The fourth-order valence-electron chi connectivity index (χ4n) is 1.64. The lowest BCUT2D eigenvalue weighted by molar-refractivity contribution is -0.153. The van der Waals surface area contributed by atoms with Crippen LogP contribution >= 0.6 is 0 Å². The van der Waals surface area contributed by atoms with Gasteiger partial charge in [0.2, 0.25) is 10.0 Å². The van der Waals surface area contributed by atoms with Crippen LogP contribution in [0.15, 0.2) is 35.4 Å². The van der Waals surface area contributed by atoms with Gasteiger partial charge in [0.05, 0.1) is 5.52 Å². The van der Waals surface area contributed by atoms with Crippen molar-refractivity contribution in [1.82, 2.24) is 4.98 Å². The Hall–Kier alpha value is -1.87. The summed E-state index contributed by atoms with van der Waals surface area (Å²) in [5, 5.41) is 5.17. The molecule has 0 bridgehead atoms. The summed E-state index contributed by atoms with van der Waals surface area (Å²) < 4.78 is 63.9. The largest absolute Gasteiger partial charge is 0.483 e. The Balaban J connectivity index is 2.55. The molecule has 1 aromatic carbocycles. The van der Waals surface area contributed by atoms with Crippen molar-refractivity contribution in [2.75, 3.05) is 6.61 Å². The maximum Gasteiger partial charge on any atom is 0.422 e. The molecule has 0 fully saturated rings. The second kappa shape index (κ2) is 4.91. The number of pyridine rings is 1. The van der Waals surface area contributed by atoms with Gasteiger partial charge in [0.25, 0.3) is 0 Å². The summed E-state index contributed by atoms with van der Waals surface area (Å²) in [7, 11) is -4.03. The van der Waals surface area contributed by atoms with Crippen LogP contribution in [0.4, 0.5) is 13.2 Å². The second-order valence-electron chi connectivity index (χ2n) is 3.91. The molecular weight excluding hydrogens is 297 g/mol. The number of sulfonamides is 1. The van der Waals surface area contributed by atoms with Crippen molar-refractivity contribution < 1.29 is 26.3 Å². The van der Waals surface area contributed by atoms with Gasteiger partial charge in [-0.05, 0) is 24.3 Å². The Bertz CT molecular complexity index is 744. The van der Waals surface area contributed by atoms with E-state index in [9.17, 15) is 21.6 Å². The smallest absolute Gasteiger partial charge is 0.422 e. The molecular formula is C11H9F3N2O3S. The van der Waals surface area contributed by atoms with E-state index >= 15 is 0 Å². The second-order valence-corrected chi connectivity index (χ2v) is 5.44. The minimum Gasteiger partial charge on any atom is -0.483 e. The van der Waals surface area contributed by atoms with Crippen LogP contribution in [-0.2, 0) is 10.0 Å². The van der Waals surface area contributed by atoms with E-state index in [1.54, 1.807) is 0 Å². The van der Waals surface area contributed by atoms with Gasteiger partial charge in [-0.25, -0.2) is 13.6 Å². The molecule has 0 unspecified atom stereocenters. The van der Waals surface area contributed by atoms with Gasteiger partial charge in [-0.2, -0.15) is 13.2 Å². The lowest BCUT2D eigenvalue weighted by atomic mass is 10.2. The van der Waals surface area contributed by atoms with Crippen LogP contribution in [0.3, 0.4) is 0 Å². The van der Waals surface area contributed by atoms with Crippen LogP contribution in [0.25, 0.3) is 10.9 Å². The van der Waals surface area contributed by atoms with Crippen molar-refractivity contribution in [2.24, 2.45) is 5.14 Å². The summed E-state index contributed by atoms with van der Waals surface area (Å²) in [5.41, 5.74) is -0.0327. The number of nitrogens with zero attached hydrogens (tertiary/aromatic N) is 1. The molecule has 9 heteroatoms. The third kappa shape index (κ3) is 3.17. The first-order chi connectivity index (χ1) is 9.18. The van der Waals surface area contributed by atoms with Gasteiger partial charge < -0.3 is 4.74 Å². The van der Waals surface area contributed by atoms with Gasteiger partial charge in [0.1, 0.15) is 10.6 Å². The zero-order valence-corrected chi connectivity index (χ0v) is 10.7. The molecule has 20 heavy (non-hydrogen) atoms. The number of aromatic nitrogens is 1. The zero-order valence-electron chi connectivity index (χ0n) is 9.89. The molecule has 5 nitrogen and oxygen atoms in total. The van der Waals surface area contributed by atoms with Gasteiger partial charge in [0, 0.05) is 11.6 Å². The van der Waals surface area contributed by atoms with E-state index in [0.29, 0.717) is 0 Å². The zero-order chi connectivity index (χ0) is 15.0. The summed E-state index contributed by atoms with van der Waals surface area (Å²) in [6, 6.07) is 5.05. The molecule has 0 aliphatic carbocycles. The number of halogens is 3. The molecule has 0 amide bonds. The van der Waals surface area contributed by atoms with Crippen LogP contribution in [0, 0.1) is 0 Å². The van der Waals surface area contributed by atoms with Gasteiger partial charge in [0.15, 0.2) is 6.61 Å². The van der Waals surface area contributed by atoms with Gasteiger partial charge in [-0.1, -0.05) is 0 Å². The summed E-state index contributed by atoms with van der Waals surface area (Å²) >= 11 is 0. The summed E-state index contributed by atoms with van der Waals surface area (Å²) in [5.74, 6) is -0.113. The lowest BCUT2D eigenvalue weighted by Crippen LogP contribution is -2.19. The molecule has 2 aromatic rings. The highest BCUT2D eigenvalue weighted by atomic mass is 32.2. The van der Waals surface area contributed by atoms with E-state index in [0.717, 1.165) is 12.1 Å². The molecule has 2 N–H and O–H groups in total. The van der Waals surface area contributed by atoms with Crippen molar-refractivity contribution in [3.8, 4) is 5.75 Å². The Morgan fingerprint density at radius 3 is 2.55 bits per heavy atom. The molecule has 2 rings (SSSR count). The number of ether oxygens (including phenoxy) is 1. The minimum absolute atomic E-state index is 0.0327. The van der Waals surface area contributed by atoms with Crippen LogP contribution in [0.5, 0.6) is 5.75 Å². The van der Waals surface area contributed by atoms with E-state index in [-0.39, 0.29) is 21.5 Å². The van der Waals surface area contributed by atoms with Crippen molar-refractivity contribution in [2.45, 2.75) is 11.1 Å². The lowest BCUT2D eigenvalue weighted by Gasteiger charge is -2.12. The fourth-order valence-corrected chi connectivity index (χ4v) is 2.33. The number of hydrogen-bond acceptors (Lipinski definition) is 4.